The number of hydrogen-bond donors (Lipinski definition) is 0. The van der Waals surface area contributed by atoms with Crippen molar-refractivity contribution in [3.05, 3.63) is 71.3 Å². The Kier molecular flexibility index (Phi) is 10.7. The van der Waals surface area contributed by atoms with E-state index in [0.717, 1.165) is 18.8 Å². The number of ether oxygens (including phenoxy) is 1. The van der Waals surface area contributed by atoms with Crippen LogP contribution in [0.15, 0.2) is 54.6 Å². The Morgan fingerprint density at radius 2 is 1.55 bits per heavy atom. The molecule has 0 aromatic heterocycles. The molecule has 1 aliphatic carbocycles. The van der Waals surface area contributed by atoms with Crippen LogP contribution in [0.5, 0.6) is 5.75 Å². The summed E-state index contributed by atoms with van der Waals surface area (Å²) in [5, 5.41) is 0. The second-order valence-corrected chi connectivity index (χ2v) is 9.64. The second kappa shape index (κ2) is 14.0. The van der Waals surface area contributed by atoms with Gasteiger partial charge in [-0.3, -0.25) is 0 Å². The molecule has 0 bridgehead atoms. The van der Waals surface area contributed by atoms with Crippen LogP contribution < -0.4 is 4.74 Å². The zero-order valence-electron chi connectivity index (χ0n) is 20.8. The molecule has 0 N–H and O–H groups in total. The Morgan fingerprint density at radius 1 is 0.848 bits per heavy atom. The van der Waals surface area contributed by atoms with Crippen molar-refractivity contribution in [1.29, 1.82) is 0 Å². The predicted octanol–water partition coefficient (Wildman–Crippen LogP) is 9.18. The van der Waals surface area contributed by atoms with E-state index in [9.17, 15) is 4.79 Å². The van der Waals surface area contributed by atoms with E-state index in [1.54, 1.807) is 0 Å². The van der Waals surface area contributed by atoms with E-state index in [1.807, 2.05) is 24.3 Å². The number of allylic oxidation sites excluding steroid dienone is 2. The minimum atomic E-state index is -0.289. The molecule has 2 nitrogen and oxygen atoms in total. The molecule has 0 spiro atoms. The largest absolute Gasteiger partial charge is 0.423 e. The molecular weight excluding hydrogens is 404 g/mol. The second-order valence-electron chi connectivity index (χ2n) is 9.64. The molecule has 1 unspecified atom stereocenters. The molecular formula is C31H42O2. The molecule has 0 aliphatic heterocycles. The topological polar surface area (TPSA) is 26.3 Å². The van der Waals surface area contributed by atoms with Crippen LogP contribution in [-0.4, -0.2) is 5.97 Å². The molecule has 0 fully saturated rings. The van der Waals surface area contributed by atoms with Crippen LogP contribution in [-0.2, 0) is 6.42 Å². The van der Waals surface area contributed by atoms with Gasteiger partial charge in [0.25, 0.3) is 0 Å². The SMILES string of the molecule is CCCCCCCc1ccc(OC(=O)c2ccc(C3=CCC(CCCCC)CC3)cc2)cc1. The first-order chi connectivity index (χ1) is 16.2. The summed E-state index contributed by atoms with van der Waals surface area (Å²) in [5.41, 5.74) is 4.57. The minimum absolute atomic E-state index is 0.289. The van der Waals surface area contributed by atoms with Crippen molar-refractivity contribution >= 4 is 11.5 Å². The number of carbonyl (C=O) groups excluding carboxylic acids is 1. The number of hydrogen-bond acceptors (Lipinski definition) is 2. The van der Waals surface area contributed by atoms with Crippen LogP contribution in [0.25, 0.3) is 5.57 Å². The fourth-order valence-electron chi connectivity index (χ4n) is 4.74. The number of unbranched alkanes of at least 4 members (excludes halogenated alkanes) is 6. The smallest absolute Gasteiger partial charge is 0.343 e. The molecule has 1 aliphatic rings. The summed E-state index contributed by atoms with van der Waals surface area (Å²) in [5.74, 6) is 1.17. The van der Waals surface area contributed by atoms with Crippen LogP contribution in [0.4, 0.5) is 0 Å². The van der Waals surface area contributed by atoms with E-state index in [0.29, 0.717) is 11.3 Å². The van der Waals surface area contributed by atoms with E-state index in [-0.39, 0.29) is 5.97 Å². The van der Waals surface area contributed by atoms with Crippen molar-refractivity contribution in [2.24, 2.45) is 5.92 Å². The van der Waals surface area contributed by atoms with Crippen LogP contribution in [0, 0.1) is 5.92 Å². The van der Waals surface area contributed by atoms with Crippen molar-refractivity contribution in [3.8, 4) is 5.75 Å². The third-order valence-electron chi connectivity index (χ3n) is 6.93. The molecule has 3 rings (SSSR count). The summed E-state index contributed by atoms with van der Waals surface area (Å²) in [6.45, 7) is 4.51. The number of rotatable bonds is 13. The molecule has 0 heterocycles. The molecule has 33 heavy (non-hydrogen) atoms. The van der Waals surface area contributed by atoms with Crippen molar-refractivity contribution in [2.45, 2.75) is 97.3 Å². The zero-order valence-corrected chi connectivity index (χ0v) is 20.8. The average Bonchev–Trinajstić information content (AvgIpc) is 2.85. The lowest BCUT2D eigenvalue weighted by atomic mass is 9.84. The molecule has 178 valence electrons. The monoisotopic (exact) mass is 446 g/mol. The van der Waals surface area contributed by atoms with E-state index in [4.69, 9.17) is 4.74 Å². The van der Waals surface area contributed by atoms with Crippen molar-refractivity contribution in [3.63, 3.8) is 0 Å². The lowest BCUT2D eigenvalue weighted by Gasteiger charge is -2.22. The number of benzene rings is 2. The number of aryl methyl sites for hydroxylation is 1. The quantitative estimate of drug-likeness (QED) is 0.174. The molecule has 1 atom stereocenters. The highest BCUT2D eigenvalue weighted by molar-refractivity contribution is 5.91. The summed E-state index contributed by atoms with van der Waals surface area (Å²) in [4.78, 5) is 12.6. The van der Waals surface area contributed by atoms with Gasteiger partial charge in [-0.1, -0.05) is 95.6 Å². The van der Waals surface area contributed by atoms with Crippen molar-refractivity contribution < 1.29 is 9.53 Å². The van der Waals surface area contributed by atoms with Gasteiger partial charge >= 0.3 is 5.97 Å². The summed E-state index contributed by atoms with van der Waals surface area (Å²) < 4.78 is 5.61. The Labute approximate surface area is 201 Å². The summed E-state index contributed by atoms with van der Waals surface area (Å²) in [6, 6.07) is 15.9. The molecule has 0 saturated carbocycles. The minimum Gasteiger partial charge on any atom is -0.423 e. The van der Waals surface area contributed by atoms with E-state index < -0.39 is 0 Å². The lowest BCUT2D eigenvalue weighted by molar-refractivity contribution is 0.0734. The highest BCUT2D eigenvalue weighted by Crippen LogP contribution is 2.33. The van der Waals surface area contributed by atoms with Crippen LogP contribution in [0.3, 0.4) is 0 Å². The Balaban J connectivity index is 1.46. The molecule has 0 saturated heterocycles. The summed E-state index contributed by atoms with van der Waals surface area (Å²) >= 11 is 0. The van der Waals surface area contributed by atoms with Gasteiger partial charge in [0.05, 0.1) is 5.56 Å². The first kappa shape index (κ1) is 25.3. The van der Waals surface area contributed by atoms with Gasteiger partial charge in [0.1, 0.15) is 5.75 Å². The Hall–Kier alpha value is -2.35. The van der Waals surface area contributed by atoms with Gasteiger partial charge in [0.2, 0.25) is 0 Å². The van der Waals surface area contributed by atoms with Gasteiger partial charge in [-0.15, -0.1) is 0 Å². The van der Waals surface area contributed by atoms with Gasteiger partial charge in [-0.25, -0.2) is 4.79 Å². The average molecular weight is 447 g/mol. The first-order valence-corrected chi connectivity index (χ1v) is 13.3. The summed E-state index contributed by atoms with van der Waals surface area (Å²) in [6.07, 6.45) is 18.9. The van der Waals surface area contributed by atoms with Gasteiger partial charge in [-0.05, 0) is 79.0 Å². The van der Waals surface area contributed by atoms with E-state index in [2.05, 4.69) is 44.2 Å². The van der Waals surface area contributed by atoms with Gasteiger partial charge < -0.3 is 4.74 Å². The Bertz CT molecular complexity index is 861. The maximum Gasteiger partial charge on any atom is 0.343 e. The molecule has 2 aromatic rings. The molecule has 2 aromatic carbocycles. The summed E-state index contributed by atoms with van der Waals surface area (Å²) in [7, 11) is 0. The third-order valence-corrected chi connectivity index (χ3v) is 6.93. The first-order valence-electron chi connectivity index (χ1n) is 13.3. The lowest BCUT2D eigenvalue weighted by Crippen LogP contribution is -2.09. The van der Waals surface area contributed by atoms with Crippen LogP contribution in [0.2, 0.25) is 0 Å². The van der Waals surface area contributed by atoms with Crippen molar-refractivity contribution in [2.75, 3.05) is 0 Å². The fraction of sp³-hybridized carbons (Fsp3) is 0.516. The number of esters is 1. The molecule has 2 heteroatoms. The third kappa shape index (κ3) is 8.50. The van der Waals surface area contributed by atoms with Crippen molar-refractivity contribution in [1.82, 2.24) is 0 Å². The van der Waals surface area contributed by atoms with E-state index >= 15 is 0 Å². The molecule has 0 radical (unpaired) electrons. The van der Waals surface area contributed by atoms with Gasteiger partial charge in [0.15, 0.2) is 0 Å². The van der Waals surface area contributed by atoms with E-state index in [1.165, 1.54) is 87.3 Å². The Morgan fingerprint density at radius 3 is 2.21 bits per heavy atom. The normalized spacial score (nSPS) is 15.8. The highest BCUT2D eigenvalue weighted by Gasteiger charge is 2.16. The maximum atomic E-state index is 12.6. The van der Waals surface area contributed by atoms with Gasteiger partial charge in [0, 0.05) is 0 Å². The fourth-order valence-corrected chi connectivity index (χ4v) is 4.74. The standard InChI is InChI=1S/C31H42O2/c1-3-5-7-8-10-12-26-15-23-30(24-16-26)33-31(32)29-21-19-28(20-22-29)27-17-13-25(14-18-27)11-9-6-4-2/h15-17,19-25H,3-14,18H2,1-2H3. The highest BCUT2D eigenvalue weighted by atomic mass is 16.5. The number of carbonyl (C=O) groups is 1. The van der Waals surface area contributed by atoms with Gasteiger partial charge in [-0.2, -0.15) is 0 Å². The van der Waals surface area contributed by atoms with Crippen LogP contribution >= 0.6 is 0 Å². The predicted molar refractivity (Wildman–Crippen MR) is 140 cm³/mol. The zero-order chi connectivity index (χ0) is 23.3. The molecule has 0 amide bonds. The van der Waals surface area contributed by atoms with Crippen LogP contribution in [0.1, 0.15) is 112 Å². The maximum absolute atomic E-state index is 12.6.